The highest BCUT2D eigenvalue weighted by molar-refractivity contribution is 7.12. The number of carbonyl (C=O) groups excluding carboxylic acids is 2. The average molecular weight is 364 g/mol. The van der Waals surface area contributed by atoms with Crippen molar-refractivity contribution in [2.75, 3.05) is 27.9 Å². The molecule has 134 valence electrons. The summed E-state index contributed by atoms with van der Waals surface area (Å²) in [6, 6.07) is 7.00. The number of benzene rings is 1. The minimum absolute atomic E-state index is 0.0961. The first kappa shape index (κ1) is 18.6. The topological polar surface area (TPSA) is 85.9 Å². The highest BCUT2D eigenvalue weighted by atomic mass is 32.1. The first-order valence-corrected chi connectivity index (χ1v) is 8.34. The van der Waals surface area contributed by atoms with Gasteiger partial charge >= 0.3 is 0 Å². The molecule has 0 saturated carbocycles. The van der Waals surface area contributed by atoms with Crippen LogP contribution in [0.4, 0.5) is 0 Å². The Labute approximate surface area is 149 Å². The predicted octanol–water partition coefficient (Wildman–Crippen LogP) is 1.82. The van der Waals surface area contributed by atoms with Gasteiger partial charge in [0.15, 0.2) is 11.5 Å². The van der Waals surface area contributed by atoms with Gasteiger partial charge in [0.2, 0.25) is 11.7 Å². The second-order valence-electron chi connectivity index (χ2n) is 4.97. The molecule has 25 heavy (non-hydrogen) atoms. The molecule has 1 aromatic carbocycles. The number of methoxy groups -OCH3 is 3. The molecule has 8 heteroatoms. The maximum atomic E-state index is 11.9. The molecule has 0 unspecified atom stereocenters. The first-order valence-electron chi connectivity index (χ1n) is 7.46. The molecule has 0 aliphatic heterocycles. The molecule has 0 spiro atoms. The van der Waals surface area contributed by atoms with Gasteiger partial charge in [0.25, 0.3) is 5.91 Å². The maximum Gasteiger partial charge on any atom is 0.261 e. The van der Waals surface area contributed by atoms with Gasteiger partial charge in [-0.3, -0.25) is 9.59 Å². The largest absolute Gasteiger partial charge is 0.493 e. The monoisotopic (exact) mass is 364 g/mol. The van der Waals surface area contributed by atoms with Gasteiger partial charge in [-0.05, 0) is 29.1 Å². The maximum absolute atomic E-state index is 11.9. The quantitative estimate of drug-likeness (QED) is 0.746. The van der Waals surface area contributed by atoms with Gasteiger partial charge in [0, 0.05) is 6.54 Å². The van der Waals surface area contributed by atoms with E-state index in [9.17, 15) is 9.59 Å². The van der Waals surface area contributed by atoms with Crippen molar-refractivity contribution in [3.8, 4) is 17.2 Å². The number of rotatable bonds is 8. The van der Waals surface area contributed by atoms with Gasteiger partial charge in [0.05, 0.1) is 32.8 Å². The van der Waals surface area contributed by atoms with Crippen molar-refractivity contribution in [3.05, 3.63) is 40.1 Å². The lowest BCUT2D eigenvalue weighted by Crippen LogP contribution is -2.36. The zero-order chi connectivity index (χ0) is 18.2. The molecule has 0 aliphatic carbocycles. The van der Waals surface area contributed by atoms with Crippen LogP contribution in [-0.4, -0.2) is 39.7 Å². The zero-order valence-electron chi connectivity index (χ0n) is 14.3. The molecule has 1 heterocycles. The Morgan fingerprint density at radius 2 is 1.72 bits per heavy atom. The van der Waals surface area contributed by atoms with Crippen molar-refractivity contribution in [2.24, 2.45) is 0 Å². The Morgan fingerprint density at radius 3 is 2.24 bits per heavy atom. The lowest BCUT2D eigenvalue weighted by molar-refractivity contribution is -0.120. The van der Waals surface area contributed by atoms with E-state index in [4.69, 9.17) is 14.2 Å². The van der Waals surface area contributed by atoms with Gasteiger partial charge < -0.3 is 24.8 Å². The standard InChI is InChI=1S/C17H20N2O5S/c1-22-12-7-11(8-13(23-2)16(12)24-3)9-18-15(20)10-19-17(21)14-5-4-6-25-14/h4-8H,9-10H2,1-3H3,(H,18,20)(H,19,21). The number of amides is 2. The number of carbonyl (C=O) groups is 2. The summed E-state index contributed by atoms with van der Waals surface area (Å²) in [4.78, 5) is 24.3. The van der Waals surface area contributed by atoms with Crippen LogP contribution in [0, 0.1) is 0 Å². The minimum Gasteiger partial charge on any atom is -0.493 e. The fourth-order valence-electron chi connectivity index (χ4n) is 2.16. The molecule has 0 atom stereocenters. The Hall–Kier alpha value is -2.74. The second kappa shape index (κ2) is 8.93. The van der Waals surface area contributed by atoms with E-state index >= 15 is 0 Å². The zero-order valence-corrected chi connectivity index (χ0v) is 15.1. The molecular weight excluding hydrogens is 344 g/mol. The lowest BCUT2D eigenvalue weighted by atomic mass is 10.1. The van der Waals surface area contributed by atoms with E-state index in [2.05, 4.69) is 10.6 Å². The SMILES string of the molecule is COc1cc(CNC(=O)CNC(=O)c2cccs2)cc(OC)c1OC. The van der Waals surface area contributed by atoms with Crippen LogP contribution in [0.3, 0.4) is 0 Å². The third-order valence-corrected chi connectivity index (χ3v) is 4.24. The molecule has 0 saturated heterocycles. The number of ether oxygens (including phenoxy) is 3. The molecule has 0 aliphatic rings. The van der Waals surface area contributed by atoms with Crippen LogP contribution in [0.1, 0.15) is 15.2 Å². The van der Waals surface area contributed by atoms with Crippen molar-refractivity contribution in [2.45, 2.75) is 6.54 Å². The van der Waals surface area contributed by atoms with Crippen molar-refractivity contribution in [1.29, 1.82) is 0 Å². The third-order valence-electron chi connectivity index (χ3n) is 3.37. The van der Waals surface area contributed by atoms with E-state index < -0.39 is 0 Å². The molecule has 0 bridgehead atoms. The number of hydrogen-bond acceptors (Lipinski definition) is 6. The Bertz CT molecular complexity index is 706. The summed E-state index contributed by atoms with van der Waals surface area (Å²) in [5.74, 6) is 0.953. The summed E-state index contributed by atoms with van der Waals surface area (Å²) in [6.45, 7) is 0.172. The smallest absolute Gasteiger partial charge is 0.261 e. The van der Waals surface area contributed by atoms with Gasteiger partial charge in [0.1, 0.15) is 0 Å². The molecule has 2 aromatic rings. The normalized spacial score (nSPS) is 10.0. The molecule has 0 radical (unpaired) electrons. The Kier molecular flexibility index (Phi) is 6.64. The van der Waals surface area contributed by atoms with E-state index in [0.29, 0.717) is 22.1 Å². The number of hydrogen-bond donors (Lipinski definition) is 2. The van der Waals surface area contributed by atoms with Crippen molar-refractivity contribution in [3.63, 3.8) is 0 Å². The average Bonchev–Trinajstić information content (AvgIpc) is 3.18. The van der Waals surface area contributed by atoms with Crippen LogP contribution in [0.25, 0.3) is 0 Å². The molecule has 7 nitrogen and oxygen atoms in total. The number of nitrogens with one attached hydrogen (secondary N) is 2. The second-order valence-corrected chi connectivity index (χ2v) is 5.92. The van der Waals surface area contributed by atoms with Gasteiger partial charge in [-0.2, -0.15) is 0 Å². The summed E-state index contributed by atoms with van der Waals surface area (Å²) in [5.41, 5.74) is 0.785. The predicted molar refractivity (Wildman–Crippen MR) is 94.6 cm³/mol. The molecule has 1 aromatic heterocycles. The molecular formula is C17H20N2O5S. The molecule has 0 fully saturated rings. The minimum atomic E-state index is -0.293. The highest BCUT2D eigenvalue weighted by Crippen LogP contribution is 2.38. The fourth-order valence-corrected chi connectivity index (χ4v) is 2.80. The van der Waals surface area contributed by atoms with Gasteiger partial charge in [-0.15, -0.1) is 11.3 Å². The lowest BCUT2D eigenvalue weighted by Gasteiger charge is -2.14. The van der Waals surface area contributed by atoms with E-state index in [1.165, 1.54) is 32.7 Å². The van der Waals surface area contributed by atoms with Crippen LogP contribution in [0.2, 0.25) is 0 Å². The van der Waals surface area contributed by atoms with E-state index in [0.717, 1.165) is 5.56 Å². The Morgan fingerprint density at radius 1 is 1.04 bits per heavy atom. The van der Waals surface area contributed by atoms with E-state index in [1.807, 2.05) is 0 Å². The summed E-state index contributed by atoms with van der Waals surface area (Å²) < 4.78 is 15.8. The molecule has 2 rings (SSSR count). The van der Waals surface area contributed by atoms with Crippen LogP contribution in [-0.2, 0) is 11.3 Å². The van der Waals surface area contributed by atoms with Crippen molar-refractivity contribution < 1.29 is 23.8 Å². The Balaban J connectivity index is 1.92. The van der Waals surface area contributed by atoms with Crippen molar-refractivity contribution >= 4 is 23.2 Å². The van der Waals surface area contributed by atoms with Crippen LogP contribution < -0.4 is 24.8 Å². The van der Waals surface area contributed by atoms with Crippen LogP contribution >= 0.6 is 11.3 Å². The highest BCUT2D eigenvalue weighted by Gasteiger charge is 2.14. The molecule has 2 amide bonds. The van der Waals surface area contributed by atoms with Crippen LogP contribution in [0.15, 0.2) is 29.6 Å². The van der Waals surface area contributed by atoms with E-state index in [-0.39, 0.29) is 24.9 Å². The van der Waals surface area contributed by atoms with Crippen molar-refractivity contribution in [1.82, 2.24) is 10.6 Å². The first-order chi connectivity index (χ1) is 12.1. The third kappa shape index (κ3) is 4.87. The van der Waals surface area contributed by atoms with Crippen LogP contribution in [0.5, 0.6) is 17.2 Å². The summed E-state index contributed by atoms with van der Waals surface area (Å²) in [5, 5.41) is 7.12. The fraction of sp³-hybridized carbons (Fsp3) is 0.294. The molecule has 2 N–H and O–H groups in total. The van der Waals surface area contributed by atoms with Gasteiger partial charge in [-0.1, -0.05) is 6.07 Å². The van der Waals surface area contributed by atoms with E-state index in [1.54, 1.807) is 29.6 Å². The summed E-state index contributed by atoms with van der Waals surface area (Å²) in [6.07, 6.45) is 0. The number of thiophene rings is 1. The van der Waals surface area contributed by atoms with Gasteiger partial charge in [-0.25, -0.2) is 0 Å². The summed E-state index contributed by atoms with van der Waals surface area (Å²) in [7, 11) is 4.58. The summed E-state index contributed by atoms with van der Waals surface area (Å²) >= 11 is 1.32.